The molecule has 1 heterocycles. The van der Waals surface area contributed by atoms with Crippen LogP contribution < -0.4 is 15.5 Å². The molecule has 4 nitrogen and oxygen atoms in total. The Bertz CT molecular complexity index is 446. The van der Waals surface area contributed by atoms with Crippen LogP contribution in [-0.2, 0) is 4.79 Å². The maximum Gasteiger partial charge on any atom is 0.217 e. The molecule has 21 heavy (non-hydrogen) atoms. The molecule has 1 aliphatic rings. The van der Waals surface area contributed by atoms with Gasteiger partial charge in [-0.25, -0.2) is 0 Å². The van der Waals surface area contributed by atoms with Crippen molar-refractivity contribution in [2.45, 2.75) is 45.2 Å². The Labute approximate surface area is 127 Å². The van der Waals surface area contributed by atoms with Crippen molar-refractivity contribution >= 4 is 11.6 Å². The molecule has 1 aromatic carbocycles. The Kier molecular flexibility index (Phi) is 5.62. The highest BCUT2D eigenvalue weighted by atomic mass is 16.1. The molecular formula is C17H27N3O. The first-order chi connectivity index (χ1) is 10.1. The summed E-state index contributed by atoms with van der Waals surface area (Å²) in [4.78, 5) is 13.5. The van der Waals surface area contributed by atoms with Gasteiger partial charge in [0.1, 0.15) is 0 Å². The van der Waals surface area contributed by atoms with E-state index < -0.39 is 0 Å². The fourth-order valence-corrected chi connectivity index (χ4v) is 3.09. The molecule has 1 saturated heterocycles. The third kappa shape index (κ3) is 4.21. The van der Waals surface area contributed by atoms with Gasteiger partial charge in [0.05, 0.1) is 0 Å². The molecule has 2 N–H and O–H groups in total. The number of hydrogen-bond donors (Lipinski definition) is 2. The summed E-state index contributed by atoms with van der Waals surface area (Å²) in [5.41, 5.74) is 2.63. The van der Waals surface area contributed by atoms with Gasteiger partial charge in [0.2, 0.25) is 5.91 Å². The zero-order valence-corrected chi connectivity index (χ0v) is 13.4. The van der Waals surface area contributed by atoms with Gasteiger partial charge in [-0.05, 0) is 44.0 Å². The topological polar surface area (TPSA) is 44.4 Å². The average molecular weight is 289 g/mol. The highest BCUT2D eigenvalue weighted by molar-refractivity contribution is 5.73. The largest absolute Gasteiger partial charge is 0.371 e. The minimum Gasteiger partial charge on any atom is -0.371 e. The van der Waals surface area contributed by atoms with Crippen LogP contribution in [0.4, 0.5) is 5.69 Å². The van der Waals surface area contributed by atoms with Gasteiger partial charge < -0.3 is 15.5 Å². The van der Waals surface area contributed by atoms with E-state index >= 15 is 0 Å². The Hall–Kier alpha value is -1.55. The van der Waals surface area contributed by atoms with E-state index in [1.165, 1.54) is 11.3 Å². The molecule has 116 valence electrons. The number of benzene rings is 1. The van der Waals surface area contributed by atoms with Crippen molar-refractivity contribution in [1.82, 2.24) is 10.6 Å². The number of amides is 1. The Balaban J connectivity index is 1.93. The molecule has 1 atom stereocenters. The van der Waals surface area contributed by atoms with E-state index in [-0.39, 0.29) is 5.91 Å². The SMILES string of the molecule is CCC(NC)c1ccc(N2CCC(NC(C)=O)CC2)cc1. The maximum absolute atomic E-state index is 11.1. The number of rotatable bonds is 5. The van der Waals surface area contributed by atoms with Crippen molar-refractivity contribution in [1.29, 1.82) is 0 Å². The van der Waals surface area contributed by atoms with Crippen LogP contribution in [0.2, 0.25) is 0 Å². The highest BCUT2D eigenvalue weighted by Crippen LogP contribution is 2.23. The molecule has 0 aromatic heterocycles. The molecule has 1 amide bonds. The number of carbonyl (C=O) groups excluding carboxylic acids is 1. The van der Waals surface area contributed by atoms with Gasteiger partial charge in [-0.15, -0.1) is 0 Å². The third-order valence-corrected chi connectivity index (χ3v) is 4.32. The van der Waals surface area contributed by atoms with Crippen molar-refractivity contribution in [2.24, 2.45) is 0 Å². The minimum absolute atomic E-state index is 0.0791. The van der Waals surface area contributed by atoms with Gasteiger partial charge in [-0.2, -0.15) is 0 Å². The lowest BCUT2D eigenvalue weighted by Gasteiger charge is -2.34. The van der Waals surface area contributed by atoms with Crippen LogP contribution >= 0.6 is 0 Å². The monoisotopic (exact) mass is 289 g/mol. The van der Waals surface area contributed by atoms with Crippen LogP contribution in [0.25, 0.3) is 0 Å². The summed E-state index contributed by atoms with van der Waals surface area (Å²) in [5, 5.41) is 6.36. The number of piperidine rings is 1. The number of nitrogens with one attached hydrogen (secondary N) is 2. The molecule has 0 radical (unpaired) electrons. The number of hydrogen-bond acceptors (Lipinski definition) is 3. The van der Waals surface area contributed by atoms with Gasteiger partial charge in [-0.3, -0.25) is 4.79 Å². The zero-order valence-electron chi connectivity index (χ0n) is 13.4. The standard InChI is InChI=1S/C17H27N3O/c1-4-17(18-3)14-5-7-16(8-6-14)20-11-9-15(10-12-20)19-13(2)21/h5-8,15,17-18H,4,9-12H2,1-3H3,(H,19,21). The smallest absolute Gasteiger partial charge is 0.217 e. The lowest BCUT2D eigenvalue weighted by molar-refractivity contribution is -0.119. The van der Waals surface area contributed by atoms with Crippen LogP contribution in [0.3, 0.4) is 0 Å². The molecule has 0 aliphatic carbocycles. The third-order valence-electron chi connectivity index (χ3n) is 4.32. The van der Waals surface area contributed by atoms with E-state index in [4.69, 9.17) is 0 Å². The van der Waals surface area contributed by atoms with Crippen LogP contribution in [0.1, 0.15) is 44.7 Å². The zero-order chi connectivity index (χ0) is 15.2. The molecule has 0 bridgehead atoms. The lowest BCUT2D eigenvalue weighted by atomic mass is 10.0. The van der Waals surface area contributed by atoms with Crippen molar-refractivity contribution in [3.05, 3.63) is 29.8 Å². The number of nitrogens with zero attached hydrogens (tertiary/aromatic N) is 1. The van der Waals surface area contributed by atoms with E-state index in [2.05, 4.69) is 46.7 Å². The van der Waals surface area contributed by atoms with Crippen LogP contribution in [0, 0.1) is 0 Å². The lowest BCUT2D eigenvalue weighted by Crippen LogP contribution is -2.44. The van der Waals surface area contributed by atoms with Crippen LogP contribution in [0.15, 0.2) is 24.3 Å². The Morgan fingerprint density at radius 2 is 1.90 bits per heavy atom. The molecule has 1 aliphatic heterocycles. The summed E-state index contributed by atoms with van der Waals surface area (Å²) in [6.07, 6.45) is 3.14. The van der Waals surface area contributed by atoms with Gasteiger partial charge in [0.25, 0.3) is 0 Å². The Morgan fingerprint density at radius 1 is 1.29 bits per heavy atom. The van der Waals surface area contributed by atoms with E-state index in [0.29, 0.717) is 12.1 Å². The van der Waals surface area contributed by atoms with Crippen molar-refractivity contribution in [2.75, 3.05) is 25.0 Å². The first kappa shape index (κ1) is 15.8. The predicted molar refractivity (Wildman–Crippen MR) is 87.6 cm³/mol. The molecule has 1 aromatic rings. The van der Waals surface area contributed by atoms with E-state index in [1.54, 1.807) is 6.92 Å². The molecule has 2 rings (SSSR count). The van der Waals surface area contributed by atoms with Crippen molar-refractivity contribution in [3.63, 3.8) is 0 Å². The molecule has 0 saturated carbocycles. The van der Waals surface area contributed by atoms with E-state index in [0.717, 1.165) is 32.4 Å². The number of anilines is 1. The van der Waals surface area contributed by atoms with Crippen molar-refractivity contribution in [3.8, 4) is 0 Å². The first-order valence-corrected chi connectivity index (χ1v) is 7.93. The fraction of sp³-hybridized carbons (Fsp3) is 0.588. The summed E-state index contributed by atoms with van der Waals surface area (Å²) in [6, 6.07) is 9.65. The summed E-state index contributed by atoms with van der Waals surface area (Å²) < 4.78 is 0. The minimum atomic E-state index is 0.0791. The average Bonchev–Trinajstić information content (AvgIpc) is 2.49. The summed E-state index contributed by atoms with van der Waals surface area (Å²) in [5.74, 6) is 0.0791. The van der Waals surface area contributed by atoms with Gasteiger partial charge >= 0.3 is 0 Å². The van der Waals surface area contributed by atoms with E-state index in [1.807, 2.05) is 7.05 Å². The van der Waals surface area contributed by atoms with Gasteiger partial charge in [0, 0.05) is 37.8 Å². The summed E-state index contributed by atoms with van der Waals surface area (Å²) in [6.45, 7) is 5.81. The normalized spacial score (nSPS) is 17.6. The summed E-state index contributed by atoms with van der Waals surface area (Å²) in [7, 11) is 2.01. The maximum atomic E-state index is 11.1. The van der Waals surface area contributed by atoms with Crippen LogP contribution in [-0.4, -0.2) is 32.1 Å². The molecule has 1 fully saturated rings. The highest BCUT2D eigenvalue weighted by Gasteiger charge is 2.20. The van der Waals surface area contributed by atoms with E-state index in [9.17, 15) is 4.79 Å². The molecule has 4 heteroatoms. The molecule has 0 spiro atoms. The predicted octanol–water partition coefficient (Wildman–Crippen LogP) is 2.46. The number of carbonyl (C=O) groups is 1. The van der Waals surface area contributed by atoms with Crippen molar-refractivity contribution < 1.29 is 4.79 Å². The second kappa shape index (κ2) is 7.46. The second-order valence-electron chi connectivity index (χ2n) is 5.80. The van der Waals surface area contributed by atoms with Crippen LogP contribution in [0.5, 0.6) is 0 Å². The second-order valence-corrected chi connectivity index (χ2v) is 5.80. The Morgan fingerprint density at radius 3 is 2.38 bits per heavy atom. The fourth-order valence-electron chi connectivity index (χ4n) is 3.09. The summed E-state index contributed by atoms with van der Waals surface area (Å²) >= 11 is 0. The molecule has 1 unspecified atom stereocenters. The van der Waals surface area contributed by atoms with Gasteiger partial charge in [-0.1, -0.05) is 19.1 Å². The first-order valence-electron chi connectivity index (χ1n) is 7.93. The quantitative estimate of drug-likeness (QED) is 0.875. The molecular weight excluding hydrogens is 262 g/mol. The van der Waals surface area contributed by atoms with Gasteiger partial charge in [0.15, 0.2) is 0 Å².